The molecule has 4 rings (SSSR count). The second-order valence-electron chi connectivity index (χ2n) is 8.95. The molecular formula is C28H31Cl2N2O-. The average molecular weight is 482 g/mol. The van der Waals surface area contributed by atoms with Crippen LogP contribution in [-0.2, 0) is 12.1 Å². The number of halogens is 2. The zero-order valence-electron chi connectivity index (χ0n) is 18.8. The minimum Gasteiger partial charge on any atom is -0.658 e. The summed E-state index contributed by atoms with van der Waals surface area (Å²) in [4.78, 5) is 2.46. The molecule has 0 radical (unpaired) electrons. The smallest absolute Gasteiger partial charge is 0.0920 e. The number of hydrogen-bond donors (Lipinski definition) is 1. The largest absolute Gasteiger partial charge is 0.658 e. The average Bonchev–Trinajstić information content (AvgIpc) is 2.85. The van der Waals surface area contributed by atoms with E-state index in [1.165, 1.54) is 11.1 Å². The van der Waals surface area contributed by atoms with Gasteiger partial charge in [0.05, 0.1) is 15.6 Å². The molecule has 0 aliphatic carbocycles. The van der Waals surface area contributed by atoms with E-state index in [1.54, 1.807) is 0 Å². The van der Waals surface area contributed by atoms with Gasteiger partial charge in [-0.3, -0.25) is 0 Å². The Kier molecular flexibility index (Phi) is 8.45. The summed E-state index contributed by atoms with van der Waals surface area (Å²) in [5.41, 5.74) is 2.71. The Morgan fingerprint density at radius 2 is 1.55 bits per heavy atom. The molecular weight excluding hydrogens is 451 g/mol. The SMILES string of the molecule is OC1(c2ccccc2)CCN(CC[C@H](C[N-]Cc2ccccc2)c2ccc(Cl)c(Cl)c2)CC1. The highest BCUT2D eigenvalue weighted by Gasteiger charge is 2.33. The van der Waals surface area contributed by atoms with E-state index in [9.17, 15) is 5.11 Å². The molecule has 0 spiro atoms. The third-order valence-corrected chi connectivity index (χ3v) is 7.43. The Bertz CT molecular complexity index is 1000. The molecule has 0 bridgehead atoms. The Labute approximate surface area is 207 Å². The topological polar surface area (TPSA) is 37.6 Å². The van der Waals surface area contributed by atoms with E-state index in [1.807, 2.05) is 60.7 Å². The minimum atomic E-state index is -0.716. The van der Waals surface area contributed by atoms with Crippen molar-refractivity contribution in [1.29, 1.82) is 0 Å². The fraction of sp³-hybridized carbons (Fsp3) is 0.357. The van der Waals surface area contributed by atoms with Crippen LogP contribution in [0.3, 0.4) is 0 Å². The highest BCUT2D eigenvalue weighted by Crippen LogP contribution is 2.34. The number of nitrogens with zero attached hydrogens (tertiary/aromatic N) is 2. The van der Waals surface area contributed by atoms with Crippen molar-refractivity contribution >= 4 is 23.2 Å². The van der Waals surface area contributed by atoms with Crippen molar-refractivity contribution in [3.63, 3.8) is 0 Å². The molecule has 0 aromatic heterocycles. The Hall–Kier alpha value is -1.88. The lowest BCUT2D eigenvalue weighted by Crippen LogP contribution is -2.43. The van der Waals surface area contributed by atoms with E-state index < -0.39 is 5.60 Å². The van der Waals surface area contributed by atoms with E-state index >= 15 is 0 Å². The maximum Gasteiger partial charge on any atom is 0.0920 e. The van der Waals surface area contributed by atoms with Crippen molar-refractivity contribution in [2.24, 2.45) is 0 Å². The Morgan fingerprint density at radius 3 is 2.21 bits per heavy atom. The van der Waals surface area contributed by atoms with Crippen LogP contribution >= 0.6 is 23.2 Å². The van der Waals surface area contributed by atoms with Gasteiger partial charge in [-0.25, -0.2) is 0 Å². The molecule has 1 saturated heterocycles. The molecule has 3 aromatic rings. The Balaban J connectivity index is 1.35. The van der Waals surface area contributed by atoms with E-state index in [0.717, 1.165) is 51.0 Å². The van der Waals surface area contributed by atoms with Crippen LogP contribution < -0.4 is 0 Å². The van der Waals surface area contributed by atoms with Gasteiger partial charge in [0.25, 0.3) is 0 Å². The molecule has 1 aliphatic heterocycles. The van der Waals surface area contributed by atoms with E-state index in [0.29, 0.717) is 16.6 Å². The summed E-state index contributed by atoms with van der Waals surface area (Å²) in [5.74, 6) is 0.276. The quantitative estimate of drug-likeness (QED) is 0.356. The number of likely N-dealkylation sites (tertiary alicyclic amines) is 1. The highest BCUT2D eigenvalue weighted by atomic mass is 35.5. The molecule has 1 atom stereocenters. The number of hydrogen-bond acceptors (Lipinski definition) is 2. The molecule has 0 amide bonds. The van der Waals surface area contributed by atoms with Crippen molar-refractivity contribution in [2.45, 2.75) is 37.3 Å². The number of rotatable bonds is 9. The summed E-state index contributed by atoms with van der Waals surface area (Å²) in [6, 6.07) is 26.3. The predicted octanol–water partition coefficient (Wildman–Crippen LogP) is 7.02. The van der Waals surface area contributed by atoms with Gasteiger partial charge < -0.3 is 15.3 Å². The third-order valence-electron chi connectivity index (χ3n) is 6.69. The first-order valence-corrected chi connectivity index (χ1v) is 12.4. The third kappa shape index (κ3) is 6.59. The zero-order valence-corrected chi connectivity index (χ0v) is 20.3. The van der Waals surface area contributed by atoms with Crippen LogP contribution in [0.25, 0.3) is 5.32 Å². The summed E-state index contributed by atoms with van der Waals surface area (Å²) in [5, 5.41) is 17.2. The molecule has 0 saturated carbocycles. The van der Waals surface area contributed by atoms with Gasteiger partial charge in [-0.2, -0.15) is 0 Å². The van der Waals surface area contributed by atoms with E-state index in [4.69, 9.17) is 28.5 Å². The van der Waals surface area contributed by atoms with Gasteiger partial charge in [0.2, 0.25) is 0 Å². The van der Waals surface area contributed by atoms with Gasteiger partial charge in [0.1, 0.15) is 0 Å². The minimum absolute atomic E-state index is 0.276. The van der Waals surface area contributed by atoms with Crippen LogP contribution in [0.1, 0.15) is 41.9 Å². The van der Waals surface area contributed by atoms with Crippen molar-refractivity contribution in [2.75, 3.05) is 26.2 Å². The first-order chi connectivity index (χ1) is 16.0. The normalized spacial score (nSPS) is 17.1. The van der Waals surface area contributed by atoms with Crippen LogP contribution in [-0.4, -0.2) is 36.2 Å². The monoisotopic (exact) mass is 481 g/mol. The summed E-state index contributed by atoms with van der Waals surface area (Å²) >= 11 is 12.5. The zero-order chi connectivity index (χ0) is 23.1. The fourth-order valence-corrected chi connectivity index (χ4v) is 4.89. The van der Waals surface area contributed by atoms with Crippen molar-refractivity contribution in [1.82, 2.24) is 4.90 Å². The summed E-state index contributed by atoms with van der Waals surface area (Å²) in [6.07, 6.45) is 2.50. The van der Waals surface area contributed by atoms with Crippen molar-refractivity contribution in [3.05, 3.63) is 111 Å². The van der Waals surface area contributed by atoms with Crippen LogP contribution in [0.5, 0.6) is 0 Å². The molecule has 1 N–H and O–H groups in total. The van der Waals surface area contributed by atoms with Gasteiger partial charge in [-0.05, 0) is 55.0 Å². The summed E-state index contributed by atoms with van der Waals surface area (Å²) in [7, 11) is 0. The molecule has 3 aromatic carbocycles. The number of piperidine rings is 1. The van der Waals surface area contributed by atoms with Gasteiger partial charge in [0, 0.05) is 13.1 Å². The lowest BCUT2D eigenvalue weighted by Gasteiger charge is -2.39. The molecule has 174 valence electrons. The van der Waals surface area contributed by atoms with Gasteiger partial charge >= 0.3 is 0 Å². The lowest BCUT2D eigenvalue weighted by molar-refractivity contribution is -0.0262. The lowest BCUT2D eigenvalue weighted by atomic mass is 9.84. The first-order valence-electron chi connectivity index (χ1n) is 11.7. The van der Waals surface area contributed by atoms with Crippen molar-refractivity contribution < 1.29 is 5.11 Å². The standard InChI is InChI=1S/C28H31Cl2N2O/c29-26-12-11-23(19-27(26)30)24(21-31-20-22-7-3-1-4-8-22)13-16-32-17-14-28(33,15-18-32)25-9-5-2-6-10-25/h1-12,19,24,33H,13-18,20-21H2/q-1/t24-/m1/s1. The predicted molar refractivity (Wildman–Crippen MR) is 138 cm³/mol. The van der Waals surface area contributed by atoms with Gasteiger partial charge in [0.15, 0.2) is 0 Å². The summed E-state index contributed by atoms with van der Waals surface area (Å²) in [6.45, 7) is 4.21. The Morgan fingerprint density at radius 1 is 0.879 bits per heavy atom. The highest BCUT2D eigenvalue weighted by molar-refractivity contribution is 6.42. The molecule has 33 heavy (non-hydrogen) atoms. The first kappa shape index (κ1) is 24.3. The number of aliphatic hydroxyl groups is 1. The maximum atomic E-state index is 11.1. The van der Waals surface area contributed by atoms with Gasteiger partial charge in [-0.15, -0.1) is 13.1 Å². The van der Waals surface area contributed by atoms with E-state index in [2.05, 4.69) is 23.1 Å². The van der Waals surface area contributed by atoms with Gasteiger partial charge in [-0.1, -0.05) is 95.5 Å². The summed E-state index contributed by atoms with van der Waals surface area (Å²) < 4.78 is 0. The molecule has 5 heteroatoms. The van der Waals surface area contributed by atoms with E-state index in [-0.39, 0.29) is 5.92 Å². The van der Waals surface area contributed by atoms with Crippen LogP contribution in [0.2, 0.25) is 10.0 Å². The molecule has 3 nitrogen and oxygen atoms in total. The van der Waals surface area contributed by atoms with Crippen LogP contribution in [0, 0.1) is 0 Å². The fourth-order valence-electron chi connectivity index (χ4n) is 4.58. The molecule has 1 heterocycles. The number of benzene rings is 3. The molecule has 0 unspecified atom stereocenters. The maximum absolute atomic E-state index is 11.1. The van der Waals surface area contributed by atoms with Crippen LogP contribution in [0.4, 0.5) is 0 Å². The van der Waals surface area contributed by atoms with Crippen molar-refractivity contribution in [3.8, 4) is 0 Å². The van der Waals surface area contributed by atoms with Crippen LogP contribution in [0.15, 0.2) is 78.9 Å². The second kappa shape index (κ2) is 11.5. The molecule has 1 aliphatic rings. The second-order valence-corrected chi connectivity index (χ2v) is 9.76. The molecule has 1 fully saturated rings.